The van der Waals surface area contributed by atoms with Crippen LogP contribution in [0, 0.1) is 10.4 Å². The molecule has 0 aromatic carbocycles. The van der Waals surface area contributed by atoms with Crippen LogP contribution in [0.5, 0.6) is 0 Å². The van der Waals surface area contributed by atoms with Crippen molar-refractivity contribution in [2.45, 2.75) is 0 Å². The third-order valence-electron chi connectivity index (χ3n) is 1.49. The summed E-state index contributed by atoms with van der Waals surface area (Å²) in [5.41, 5.74) is 3.20. The minimum Gasteiger partial charge on any atom is -0.761 e. The van der Waals surface area contributed by atoms with Gasteiger partial charge in [-0.3, -0.25) is 0 Å². The van der Waals surface area contributed by atoms with E-state index in [1.165, 1.54) is 25.0 Å². The Kier molecular flexibility index (Phi) is 8.62. The van der Waals surface area contributed by atoms with E-state index >= 15 is 0 Å². The van der Waals surface area contributed by atoms with Crippen molar-refractivity contribution in [3.8, 4) is 0 Å². The summed E-state index contributed by atoms with van der Waals surface area (Å²) in [5, 5.41) is 19.3. The van der Waals surface area contributed by atoms with Gasteiger partial charge in [0.1, 0.15) is 0 Å². The van der Waals surface area contributed by atoms with E-state index in [9.17, 15) is 10.4 Å². The molecule has 0 unspecified atom stereocenters. The molecule has 17 heavy (non-hydrogen) atoms. The van der Waals surface area contributed by atoms with E-state index in [4.69, 9.17) is 8.85 Å². The smallest absolute Gasteiger partial charge is 0.367 e. The van der Waals surface area contributed by atoms with Gasteiger partial charge in [-0.1, -0.05) is 0 Å². The van der Waals surface area contributed by atoms with Crippen LogP contribution in [0.3, 0.4) is 0 Å². The first-order valence-corrected chi connectivity index (χ1v) is 4.35. The Labute approximate surface area is 108 Å². The summed E-state index contributed by atoms with van der Waals surface area (Å²) >= 11 is 0. The summed E-state index contributed by atoms with van der Waals surface area (Å²) < 4.78 is 9.51. The summed E-state index contributed by atoms with van der Waals surface area (Å²) in [4.78, 5) is 0. The molecule has 95 valence electrons. The van der Waals surface area contributed by atoms with Crippen molar-refractivity contribution in [3.63, 3.8) is 0 Å². The molecule has 6 nitrogen and oxygen atoms in total. The molecule has 0 bridgehead atoms. The van der Waals surface area contributed by atoms with Crippen molar-refractivity contribution in [2.75, 3.05) is 0 Å². The van der Waals surface area contributed by atoms with Crippen LogP contribution in [0.4, 0.5) is 0 Å². The number of aldehydes is 2. The Balaban J connectivity index is 0.000000284. The van der Waals surface area contributed by atoms with Crippen LogP contribution in [-0.4, -0.2) is 12.6 Å². The average Bonchev–Trinajstić information content (AvgIpc) is 2.92. The monoisotopic (exact) mass is 285 g/mol. The molecule has 2 N–H and O–H groups in total. The van der Waals surface area contributed by atoms with E-state index in [0.29, 0.717) is 11.5 Å². The number of rotatable bonds is 2. The Morgan fingerprint density at radius 1 is 0.882 bits per heavy atom. The summed E-state index contributed by atoms with van der Waals surface area (Å²) in [6.07, 6.45) is 12.3. The second kappa shape index (κ2) is 9.56. The van der Waals surface area contributed by atoms with Crippen LogP contribution in [0.1, 0.15) is 0 Å². The molecule has 0 fully saturated rings. The third kappa shape index (κ3) is 6.49. The summed E-state index contributed by atoms with van der Waals surface area (Å²) in [6, 6.07) is 0. The zero-order valence-electron chi connectivity index (χ0n) is 8.55. The van der Waals surface area contributed by atoms with E-state index in [1.807, 2.05) is 0 Å². The molecule has 0 atom stereocenters. The Hall–Kier alpha value is -1.66. The van der Waals surface area contributed by atoms with Crippen molar-refractivity contribution in [2.24, 2.45) is 0 Å². The van der Waals surface area contributed by atoms with Gasteiger partial charge >= 0.3 is 24.1 Å². The van der Waals surface area contributed by atoms with Crippen LogP contribution in [0.15, 0.2) is 48.2 Å². The minimum atomic E-state index is 0. The number of nitrogens with one attached hydrogen (secondary N) is 2. The second-order valence-electron chi connectivity index (χ2n) is 2.56. The molecule has 7 heteroatoms. The van der Waals surface area contributed by atoms with Crippen LogP contribution >= 0.6 is 0 Å². The molecule has 0 spiro atoms. The molecule has 0 aromatic heterocycles. The van der Waals surface area contributed by atoms with Crippen molar-refractivity contribution >= 4 is 12.6 Å². The number of hydrogen-bond donors (Lipinski definition) is 2. The van der Waals surface area contributed by atoms with Gasteiger partial charge in [-0.05, 0) is 0 Å². The van der Waals surface area contributed by atoms with E-state index in [1.54, 1.807) is 35.3 Å². The number of hydrogen-bond acceptors (Lipinski definition) is 4. The Morgan fingerprint density at radius 3 is 1.53 bits per heavy atom. The zero-order valence-corrected chi connectivity index (χ0v) is 9.49. The van der Waals surface area contributed by atoms with Crippen LogP contribution in [0.25, 0.3) is 0 Å². The molecule has 0 saturated heterocycles. The summed E-state index contributed by atoms with van der Waals surface area (Å²) in [7, 11) is 0. The van der Waals surface area contributed by atoms with Crippen molar-refractivity contribution in [1.82, 2.24) is 11.0 Å². The maximum Gasteiger partial charge on any atom is 0.367 e. The van der Waals surface area contributed by atoms with Crippen LogP contribution in [-0.2, 0) is 25.9 Å². The average molecular weight is 286 g/mol. The predicted octanol–water partition coefficient (Wildman–Crippen LogP) is 0.437. The van der Waals surface area contributed by atoms with Crippen LogP contribution < -0.4 is 11.0 Å². The molecule has 2 aliphatic rings. The van der Waals surface area contributed by atoms with E-state index in [2.05, 4.69) is 0 Å². The maximum atomic E-state index is 9.63. The van der Waals surface area contributed by atoms with Gasteiger partial charge in [0.25, 0.3) is 0 Å². The number of hydroxylamine groups is 2. The van der Waals surface area contributed by atoms with Gasteiger partial charge in [-0.2, -0.15) is 0 Å². The van der Waals surface area contributed by atoms with Gasteiger partial charge in [0.2, 0.25) is 0 Å². The van der Waals surface area contributed by atoms with Crippen LogP contribution in [0.2, 0.25) is 0 Å². The minimum absolute atomic E-state index is 0. The van der Waals surface area contributed by atoms with E-state index in [0.717, 1.165) is 0 Å². The van der Waals surface area contributed by atoms with Gasteiger partial charge in [0.15, 0.2) is 0 Å². The standard InChI is InChI=1S/2C5H5NO2.Cu/c2*7-6-4-5-2-1-3-8-5;/h2*1-4,6H;. The SMILES string of the molecule is [Cu].[O-]NC=C1C=CC=[O+]1.[O-]NC=C1C=CC=[O+]1. The first kappa shape index (κ1) is 15.3. The number of allylic oxidation sites excluding steroid dienone is 4. The van der Waals surface area contributed by atoms with Gasteiger partial charge < -0.3 is 21.4 Å². The first-order valence-electron chi connectivity index (χ1n) is 4.35. The first-order chi connectivity index (χ1) is 7.86. The molecule has 0 aliphatic carbocycles. The fourth-order valence-corrected chi connectivity index (χ4v) is 0.863. The molecule has 0 amide bonds. The predicted molar refractivity (Wildman–Crippen MR) is 59.6 cm³/mol. The molecular formula is C10H10CuN2O4. The fourth-order valence-electron chi connectivity index (χ4n) is 0.863. The quantitative estimate of drug-likeness (QED) is 0.333. The summed E-state index contributed by atoms with van der Waals surface area (Å²) in [5.74, 6) is 1.08. The molecule has 1 radical (unpaired) electrons. The van der Waals surface area contributed by atoms with Crippen molar-refractivity contribution < 1.29 is 25.9 Å². The molecule has 2 heterocycles. The second-order valence-corrected chi connectivity index (χ2v) is 2.56. The Bertz CT molecular complexity index is 331. The van der Waals surface area contributed by atoms with Gasteiger partial charge in [0, 0.05) is 29.2 Å². The topological polar surface area (TPSA) is 92.8 Å². The fraction of sp³-hybridized carbons (Fsp3) is 0. The van der Waals surface area contributed by atoms with Crippen molar-refractivity contribution in [1.29, 1.82) is 0 Å². The molecule has 0 saturated carbocycles. The van der Waals surface area contributed by atoms with Gasteiger partial charge in [0.05, 0.1) is 24.6 Å². The van der Waals surface area contributed by atoms with E-state index < -0.39 is 0 Å². The van der Waals surface area contributed by atoms with Gasteiger partial charge in [-0.25, -0.2) is 8.85 Å². The zero-order chi connectivity index (χ0) is 11.6. The number of carbonyl (C=O) groups excluding carboxylic acids is 2. The van der Waals surface area contributed by atoms with E-state index in [-0.39, 0.29) is 17.1 Å². The third-order valence-corrected chi connectivity index (χ3v) is 1.49. The maximum absolute atomic E-state index is 9.63. The normalized spacial score (nSPS) is 19.2. The molecule has 2 aliphatic heterocycles. The Morgan fingerprint density at radius 2 is 1.29 bits per heavy atom. The molecular weight excluding hydrogens is 276 g/mol. The van der Waals surface area contributed by atoms with Crippen molar-refractivity contribution in [3.05, 3.63) is 58.6 Å². The molecule has 0 aromatic rings. The van der Waals surface area contributed by atoms with Gasteiger partial charge in [-0.15, -0.1) is 0 Å². The molecule has 2 rings (SSSR count). The summed E-state index contributed by atoms with van der Waals surface area (Å²) in [6.45, 7) is 0. The largest absolute Gasteiger partial charge is 0.761 e.